The Labute approximate surface area is 238 Å². The highest BCUT2D eigenvalue weighted by Gasteiger charge is 2.53. The van der Waals surface area contributed by atoms with Crippen LogP contribution in [0.2, 0.25) is 0 Å². The first-order chi connectivity index (χ1) is 17.2. The second-order valence-corrected chi connectivity index (χ2v) is 10.8. The summed E-state index contributed by atoms with van der Waals surface area (Å²) in [5, 5.41) is 7.79. The Morgan fingerprint density at radius 1 is 1.11 bits per heavy atom. The highest BCUT2D eigenvalue weighted by Crippen LogP contribution is 2.35. The first-order valence-corrected chi connectivity index (χ1v) is 13.3. The SMILES string of the molecule is CCCCN1C(=O)[C@H](CC(C)C)NC(=O)C12CCN(Cc1c(C)nn(-c3ccc(F)cc3)c1C)CC2.Cl.Cl. The van der Waals surface area contributed by atoms with E-state index < -0.39 is 11.6 Å². The molecule has 2 aliphatic rings. The second-order valence-electron chi connectivity index (χ2n) is 10.8. The zero-order chi connectivity index (χ0) is 26.0. The van der Waals surface area contributed by atoms with Crippen LogP contribution in [0, 0.1) is 25.6 Å². The van der Waals surface area contributed by atoms with E-state index in [1.807, 2.05) is 23.4 Å². The van der Waals surface area contributed by atoms with Crippen molar-refractivity contribution in [3.63, 3.8) is 0 Å². The first-order valence-electron chi connectivity index (χ1n) is 13.3. The number of carbonyl (C=O) groups is 2. The molecule has 0 unspecified atom stereocenters. The lowest BCUT2D eigenvalue weighted by Gasteiger charge is -2.52. The van der Waals surface area contributed by atoms with Crippen LogP contribution < -0.4 is 5.32 Å². The van der Waals surface area contributed by atoms with Gasteiger partial charge in [-0.25, -0.2) is 9.07 Å². The highest BCUT2D eigenvalue weighted by atomic mass is 35.5. The first kappa shape index (κ1) is 32.1. The molecule has 2 amide bonds. The Balaban J connectivity index is 0.00000253. The Hall–Kier alpha value is -2.16. The average Bonchev–Trinajstić information content (AvgIpc) is 3.12. The quantitative estimate of drug-likeness (QED) is 0.486. The summed E-state index contributed by atoms with van der Waals surface area (Å²) < 4.78 is 15.2. The van der Waals surface area contributed by atoms with Crippen LogP contribution in [0.15, 0.2) is 24.3 Å². The predicted octanol–water partition coefficient (Wildman–Crippen LogP) is 4.98. The number of piperazine rings is 1. The van der Waals surface area contributed by atoms with Gasteiger partial charge in [0.1, 0.15) is 17.4 Å². The van der Waals surface area contributed by atoms with Crippen molar-refractivity contribution in [2.75, 3.05) is 19.6 Å². The van der Waals surface area contributed by atoms with Gasteiger partial charge in [-0.2, -0.15) is 5.10 Å². The van der Waals surface area contributed by atoms with Crippen LogP contribution in [0.1, 0.15) is 69.8 Å². The third kappa shape index (κ3) is 6.35. The molecular weight excluding hydrogens is 528 g/mol. The average molecular weight is 571 g/mol. The zero-order valence-corrected chi connectivity index (χ0v) is 24.8. The van der Waals surface area contributed by atoms with Gasteiger partial charge < -0.3 is 10.2 Å². The molecule has 4 rings (SSSR count). The van der Waals surface area contributed by atoms with Gasteiger partial charge in [0, 0.05) is 37.4 Å². The van der Waals surface area contributed by atoms with Crippen molar-refractivity contribution in [2.45, 2.75) is 84.8 Å². The van der Waals surface area contributed by atoms with Gasteiger partial charge in [-0.3, -0.25) is 14.5 Å². The van der Waals surface area contributed by atoms with Crippen molar-refractivity contribution in [1.82, 2.24) is 24.9 Å². The van der Waals surface area contributed by atoms with Gasteiger partial charge in [-0.15, -0.1) is 24.8 Å². The number of rotatable bonds is 8. The Kier molecular flexibility index (Phi) is 11.2. The van der Waals surface area contributed by atoms with Crippen molar-refractivity contribution in [3.05, 3.63) is 47.0 Å². The van der Waals surface area contributed by atoms with E-state index >= 15 is 0 Å². The molecule has 2 aliphatic heterocycles. The summed E-state index contributed by atoms with van der Waals surface area (Å²) in [4.78, 5) is 31.2. The third-order valence-electron chi connectivity index (χ3n) is 7.83. The van der Waals surface area contributed by atoms with Gasteiger partial charge in [0.05, 0.1) is 11.4 Å². The molecule has 3 heterocycles. The molecule has 212 valence electrons. The normalized spacial score (nSPS) is 19.3. The number of nitrogens with zero attached hydrogens (tertiary/aromatic N) is 4. The number of hydrogen-bond acceptors (Lipinski definition) is 4. The number of aryl methyl sites for hydroxylation is 1. The monoisotopic (exact) mass is 569 g/mol. The van der Waals surface area contributed by atoms with E-state index in [0.717, 1.165) is 55.1 Å². The van der Waals surface area contributed by atoms with E-state index in [1.54, 1.807) is 12.1 Å². The number of nitrogens with one attached hydrogen (secondary N) is 1. The molecule has 2 fully saturated rings. The lowest BCUT2D eigenvalue weighted by molar-refractivity contribution is -0.161. The minimum Gasteiger partial charge on any atom is -0.342 e. The number of unbranched alkanes of at least 4 members (excludes halogenated alkanes) is 1. The Morgan fingerprint density at radius 3 is 2.32 bits per heavy atom. The van der Waals surface area contributed by atoms with E-state index in [9.17, 15) is 14.0 Å². The Bertz CT molecular complexity index is 1100. The van der Waals surface area contributed by atoms with Gasteiger partial charge in [0.25, 0.3) is 0 Å². The summed E-state index contributed by atoms with van der Waals surface area (Å²) >= 11 is 0. The number of halogens is 3. The molecule has 0 bridgehead atoms. The molecule has 0 aliphatic carbocycles. The van der Waals surface area contributed by atoms with Crippen molar-refractivity contribution in [3.8, 4) is 5.69 Å². The predicted molar refractivity (Wildman–Crippen MR) is 153 cm³/mol. The maximum Gasteiger partial charge on any atom is 0.246 e. The van der Waals surface area contributed by atoms with Crippen molar-refractivity contribution < 1.29 is 14.0 Å². The molecule has 1 atom stereocenters. The fraction of sp³-hybridized carbons (Fsp3) is 0.607. The van der Waals surface area contributed by atoms with Gasteiger partial charge in [0.2, 0.25) is 11.8 Å². The van der Waals surface area contributed by atoms with E-state index in [4.69, 9.17) is 5.10 Å². The van der Waals surface area contributed by atoms with E-state index in [2.05, 4.69) is 31.0 Å². The van der Waals surface area contributed by atoms with Crippen molar-refractivity contribution in [2.24, 2.45) is 5.92 Å². The van der Waals surface area contributed by atoms with Gasteiger partial charge in [-0.1, -0.05) is 27.2 Å². The third-order valence-corrected chi connectivity index (χ3v) is 7.83. The van der Waals surface area contributed by atoms with Gasteiger partial charge in [-0.05, 0) is 69.7 Å². The molecular formula is C28H42Cl2FN5O2. The van der Waals surface area contributed by atoms with Crippen molar-refractivity contribution in [1.29, 1.82) is 0 Å². The van der Waals surface area contributed by atoms with Crippen molar-refractivity contribution >= 4 is 36.6 Å². The van der Waals surface area contributed by atoms with Crippen LogP contribution in [0.25, 0.3) is 5.69 Å². The molecule has 1 N–H and O–H groups in total. The minimum absolute atomic E-state index is 0. The van der Waals surface area contributed by atoms with Gasteiger partial charge >= 0.3 is 0 Å². The number of hydrogen-bond donors (Lipinski definition) is 1. The van der Waals surface area contributed by atoms with Crippen LogP contribution in [-0.4, -0.2) is 62.6 Å². The van der Waals surface area contributed by atoms with Crippen LogP contribution in [0.3, 0.4) is 0 Å². The number of aromatic nitrogens is 2. The maximum atomic E-state index is 13.5. The maximum absolute atomic E-state index is 13.5. The summed E-state index contributed by atoms with van der Waals surface area (Å²) in [6, 6.07) is 5.95. The molecule has 0 saturated carbocycles. The zero-order valence-electron chi connectivity index (χ0n) is 23.1. The molecule has 1 aromatic carbocycles. The van der Waals surface area contributed by atoms with E-state index in [0.29, 0.717) is 31.7 Å². The number of likely N-dealkylation sites (tertiary alicyclic amines) is 1. The van der Waals surface area contributed by atoms with Crippen LogP contribution in [0.4, 0.5) is 4.39 Å². The van der Waals surface area contributed by atoms with E-state index in [-0.39, 0.29) is 42.4 Å². The summed E-state index contributed by atoms with van der Waals surface area (Å²) in [7, 11) is 0. The number of piperidine rings is 1. The molecule has 1 aromatic heterocycles. The minimum atomic E-state index is -0.751. The largest absolute Gasteiger partial charge is 0.342 e. The standard InChI is InChI=1S/C28H40FN5O2.2ClH/c1-6-7-14-33-26(35)25(17-19(2)3)30-27(36)28(33)12-15-32(16-13-28)18-24-20(4)31-34(21(24)5)23-10-8-22(29)9-11-23;;/h8-11,19,25H,6-7,12-18H2,1-5H3,(H,30,36);2*1H/t25-;;/m0../s1. The molecule has 10 heteroatoms. The van der Waals surface area contributed by atoms with Crippen LogP contribution in [0.5, 0.6) is 0 Å². The molecule has 0 radical (unpaired) electrons. The second kappa shape index (κ2) is 13.3. The molecule has 2 saturated heterocycles. The van der Waals surface area contributed by atoms with E-state index in [1.165, 1.54) is 12.1 Å². The number of amides is 2. The summed E-state index contributed by atoms with van der Waals surface area (Å²) in [6.07, 6.45) is 3.82. The van der Waals surface area contributed by atoms with Gasteiger partial charge in [0.15, 0.2) is 0 Å². The summed E-state index contributed by atoms with van der Waals surface area (Å²) in [6.45, 7) is 13.2. The summed E-state index contributed by atoms with van der Waals surface area (Å²) in [5.74, 6) is 0.166. The fourth-order valence-electron chi connectivity index (χ4n) is 5.69. The molecule has 1 spiro atoms. The Morgan fingerprint density at radius 2 is 1.74 bits per heavy atom. The topological polar surface area (TPSA) is 70.5 Å². The fourth-order valence-corrected chi connectivity index (χ4v) is 5.69. The lowest BCUT2D eigenvalue weighted by Crippen LogP contribution is -2.73. The summed E-state index contributed by atoms with van der Waals surface area (Å²) in [5.41, 5.74) is 3.22. The molecule has 38 heavy (non-hydrogen) atoms. The number of carbonyl (C=O) groups excluding carboxylic acids is 2. The van der Waals surface area contributed by atoms with Crippen LogP contribution >= 0.6 is 24.8 Å². The smallest absolute Gasteiger partial charge is 0.246 e. The number of benzene rings is 1. The van der Waals surface area contributed by atoms with Crippen LogP contribution in [-0.2, 0) is 16.1 Å². The lowest BCUT2D eigenvalue weighted by atomic mass is 9.80. The highest BCUT2D eigenvalue weighted by molar-refractivity contribution is 6.00. The molecule has 7 nitrogen and oxygen atoms in total. The molecule has 2 aromatic rings.